The molecule has 1 aromatic heterocycles. The van der Waals surface area contributed by atoms with Crippen molar-refractivity contribution in [3.8, 4) is 6.07 Å². The van der Waals surface area contributed by atoms with Crippen LogP contribution in [0.3, 0.4) is 0 Å². The van der Waals surface area contributed by atoms with E-state index in [0.717, 1.165) is 6.07 Å². The quantitative estimate of drug-likeness (QED) is 0.744. The summed E-state index contributed by atoms with van der Waals surface area (Å²) in [6.45, 7) is 0. The number of nitrogens with one attached hydrogen (secondary N) is 1. The minimum absolute atomic E-state index is 0.0235. The Kier molecular flexibility index (Phi) is 2.82. The highest BCUT2D eigenvalue weighted by molar-refractivity contribution is 5.35. The SMILES string of the molecule is N#CCc1[nH]c(N)cc(=O)c1C(F)F. The molecule has 0 aromatic carbocycles. The van der Waals surface area contributed by atoms with Crippen molar-refractivity contribution in [1.82, 2.24) is 4.98 Å². The van der Waals surface area contributed by atoms with Crippen molar-refractivity contribution >= 4 is 5.82 Å². The Hall–Kier alpha value is -1.90. The maximum absolute atomic E-state index is 12.4. The summed E-state index contributed by atoms with van der Waals surface area (Å²) in [5.41, 5.74) is 3.61. The zero-order valence-electron chi connectivity index (χ0n) is 7.05. The number of alkyl halides is 2. The van der Waals surface area contributed by atoms with E-state index in [4.69, 9.17) is 11.0 Å². The molecule has 0 atom stereocenters. The molecular weight excluding hydrogens is 192 g/mol. The third kappa shape index (κ3) is 1.88. The number of nitrogens with two attached hydrogens (primary N) is 1. The monoisotopic (exact) mass is 199 g/mol. The Morgan fingerprint density at radius 1 is 1.64 bits per heavy atom. The molecule has 6 heteroatoms. The Balaban J connectivity index is 3.38. The molecule has 14 heavy (non-hydrogen) atoms. The van der Waals surface area contributed by atoms with Gasteiger partial charge in [0.15, 0.2) is 5.43 Å². The average molecular weight is 199 g/mol. The number of aromatic nitrogens is 1. The molecule has 0 unspecified atom stereocenters. The average Bonchev–Trinajstić information content (AvgIpc) is 2.01. The molecule has 0 saturated heterocycles. The van der Waals surface area contributed by atoms with Gasteiger partial charge in [0.2, 0.25) is 0 Å². The summed E-state index contributed by atoms with van der Waals surface area (Å²) in [5, 5.41) is 8.35. The van der Waals surface area contributed by atoms with Gasteiger partial charge in [0.25, 0.3) is 6.43 Å². The Bertz CT molecular complexity index is 433. The van der Waals surface area contributed by atoms with Crippen LogP contribution in [0.5, 0.6) is 0 Å². The molecule has 0 bridgehead atoms. The van der Waals surface area contributed by atoms with Crippen LogP contribution in [0.1, 0.15) is 17.7 Å². The predicted octanol–water partition coefficient (Wildman–Crippen LogP) is 0.961. The Labute approximate surface area is 78.0 Å². The second kappa shape index (κ2) is 3.87. The van der Waals surface area contributed by atoms with Gasteiger partial charge < -0.3 is 10.7 Å². The molecule has 0 aliphatic heterocycles. The highest BCUT2D eigenvalue weighted by Crippen LogP contribution is 2.18. The summed E-state index contributed by atoms with van der Waals surface area (Å²) < 4.78 is 24.7. The first kappa shape index (κ1) is 10.2. The summed E-state index contributed by atoms with van der Waals surface area (Å²) in [7, 11) is 0. The second-order valence-electron chi connectivity index (χ2n) is 2.62. The van der Waals surface area contributed by atoms with Gasteiger partial charge >= 0.3 is 0 Å². The lowest BCUT2D eigenvalue weighted by molar-refractivity contribution is 0.148. The second-order valence-corrected chi connectivity index (χ2v) is 2.62. The van der Waals surface area contributed by atoms with Crippen molar-refractivity contribution < 1.29 is 8.78 Å². The molecular formula is C8H7F2N3O. The molecule has 0 aliphatic rings. The van der Waals surface area contributed by atoms with Gasteiger partial charge in [-0.15, -0.1) is 0 Å². The van der Waals surface area contributed by atoms with Crippen molar-refractivity contribution in [2.45, 2.75) is 12.8 Å². The van der Waals surface area contributed by atoms with Crippen molar-refractivity contribution in [1.29, 1.82) is 5.26 Å². The molecule has 1 rings (SSSR count). The lowest BCUT2D eigenvalue weighted by Gasteiger charge is -2.05. The normalized spacial score (nSPS) is 10.1. The number of H-pyrrole nitrogens is 1. The first-order chi connectivity index (χ1) is 6.56. The van der Waals surface area contributed by atoms with E-state index < -0.39 is 17.4 Å². The lowest BCUT2D eigenvalue weighted by atomic mass is 10.1. The molecule has 1 heterocycles. The zero-order valence-corrected chi connectivity index (χ0v) is 7.05. The van der Waals surface area contributed by atoms with Gasteiger partial charge in [0, 0.05) is 11.8 Å². The van der Waals surface area contributed by atoms with Crippen LogP contribution in [0.4, 0.5) is 14.6 Å². The van der Waals surface area contributed by atoms with E-state index in [1.807, 2.05) is 0 Å². The summed E-state index contributed by atoms with van der Waals surface area (Å²) in [6.07, 6.45) is -3.19. The summed E-state index contributed by atoms with van der Waals surface area (Å²) in [4.78, 5) is 13.5. The lowest BCUT2D eigenvalue weighted by Crippen LogP contribution is -2.15. The number of hydrogen-bond donors (Lipinski definition) is 2. The van der Waals surface area contributed by atoms with E-state index >= 15 is 0 Å². The Morgan fingerprint density at radius 3 is 2.79 bits per heavy atom. The van der Waals surface area contributed by atoms with Gasteiger partial charge in [-0.2, -0.15) is 5.26 Å². The number of aromatic amines is 1. The van der Waals surface area contributed by atoms with Crippen molar-refractivity contribution in [2.24, 2.45) is 0 Å². The topological polar surface area (TPSA) is 82.7 Å². The molecule has 74 valence electrons. The smallest absolute Gasteiger partial charge is 0.269 e. The number of hydrogen-bond acceptors (Lipinski definition) is 3. The number of pyridine rings is 1. The van der Waals surface area contributed by atoms with Crippen LogP contribution in [0, 0.1) is 11.3 Å². The van der Waals surface area contributed by atoms with Gasteiger partial charge in [0.05, 0.1) is 18.1 Å². The molecule has 4 nitrogen and oxygen atoms in total. The molecule has 3 N–H and O–H groups in total. The van der Waals surface area contributed by atoms with E-state index in [2.05, 4.69) is 4.98 Å². The van der Waals surface area contributed by atoms with Crippen molar-refractivity contribution in [3.63, 3.8) is 0 Å². The third-order valence-corrected chi connectivity index (χ3v) is 1.65. The maximum Gasteiger partial charge on any atom is 0.269 e. The fourth-order valence-electron chi connectivity index (χ4n) is 1.10. The zero-order chi connectivity index (χ0) is 10.7. The third-order valence-electron chi connectivity index (χ3n) is 1.65. The van der Waals surface area contributed by atoms with Crippen LogP contribution in [0.15, 0.2) is 10.9 Å². The molecule has 0 fully saturated rings. The molecule has 0 amide bonds. The summed E-state index contributed by atoms with van der Waals surface area (Å²) in [5.74, 6) is -0.0235. The minimum atomic E-state index is -2.90. The number of nitrogens with zero attached hydrogens (tertiary/aromatic N) is 1. The fraction of sp³-hybridized carbons (Fsp3) is 0.250. The van der Waals surface area contributed by atoms with Crippen LogP contribution in [-0.4, -0.2) is 4.98 Å². The molecule has 1 aromatic rings. The standard InChI is InChI=1S/C8H7F2N3O/c9-8(10)7-4(1-2-11)13-6(12)3-5(7)14/h3,8H,1H2,(H3,12,13,14). The van der Waals surface area contributed by atoms with Gasteiger partial charge in [-0.05, 0) is 0 Å². The first-order valence-corrected chi connectivity index (χ1v) is 3.73. The van der Waals surface area contributed by atoms with Gasteiger partial charge in [-0.1, -0.05) is 0 Å². The van der Waals surface area contributed by atoms with Crippen LogP contribution >= 0.6 is 0 Å². The number of rotatable bonds is 2. The van der Waals surface area contributed by atoms with E-state index in [9.17, 15) is 13.6 Å². The van der Waals surface area contributed by atoms with Crippen LogP contribution in [-0.2, 0) is 6.42 Å². The van der Waals surface area contributed by atoms with Crippen LogP contribution < -0.4 is 11.2 Å². The van der Waals surface area contributed by atoms with Crippen LogP contribution in [0.2, 0.25) is 0 Å². The molecule has 0 saturated carbocycles. The van der Waals surface area contributed by atoms with Gasteiger partial charge in [0.1, 0.15) is 5.82 Å². The summed E-state index contributed by atoms with van der Waals surface area (Å²) in [6, 6.07) is 2.55. The van der Waals surface area contributed by atoms with E-state index in [0.29, 0.717) is 0 Å². The number of halogens is 2. The predicted molar refractivity (Wildman–Crippen MR) is 45.7 cm³/mol. The molecule has 0 radical (unpaired) electrons. The van der Waals surface area contributed by atoms with Crippen LogP contribution in [0.25, 0.3) is 0 Å². The first-order valence-electron chi connectivity index (χ1n) is 3.73. The largest absolute Gasteiger partial charge is 0.385 e. The fourth-order valence-corrected chi connectivity index (χ4v) is 1.10. The van der Waals surface area contributed by atoms with E-state index in [1.54, 1.807) is 6.07 Å². The minimum Gasteiger partial charge on any atom is -0.385 e. The van der Waals surface area contributed by atoms with Gasteiger partial charge in [-0.3, -0.25) is 4.79 Å². The van der Waals surface area contributed by atoms with E-state index in [-0.39, 0.29) is 17.9 Å². The van der Waals surface area contributed by atoms with Crippen molar-refractivity contribution in [3.05, 3.63) is 27.5 Å². The Morgan fingerprint density at radius 2 is 2.29 bits per heavy atom. The molecule has 0 aliphatic carbocycles. The number of anilines is 1. The maximum atomic E-state index is 12.4. The highest BCUT2D eigenvalue weighted by Gasteiger charge is 2.17. The number of nitriles is 1. The van der Waals surface area contributed by atoms with E-state index in [1.165, 1.54) is 0 Å². The van der Waals surface area contributed by atoms with Gasteiger partial charge in [-0.25, -0.2) is 8.78 Å². The number of nitrogen functional groups attached to an aromatic ring is 1. The molecule has 0 spiro atoms. The van der Waals surface area contributed by atoms with Crippen molar-refractivity contribution in [2.75, 3.05) is 5.73 Å². The summed E-state index contributed by atoms with van der Waals surface area (Å²) >= 11 is 0. The highest BCUT2D eigenvalue weighted by atomic mass is 19.3.